The van der Waals surface area contributed by atoms with Gasteiger partial charge in [0.05, 0.1) is 11.0 Å². The summed E-state index contributed by atoms with van der Waals surface area (Å²) in [5, 5.41) is 2.28. The second-order valence-corrected chi connectivity index (χ2v) is 3.22. The largest absolute Gasteiger partial charge is 2.00 e. The first kappa shape index (κ1) is 16.3. The zero-order chi connectivity index (χ0) is 9.38. The summed E-state index contributed by atoms with van der Waals surface area (Å²) in [6, 6.07) is 12.1. The fourth-order valence-corrected chi connectivity index (χ4v) is 1.68. The van der Waals surface area contributed by atoms with Gasteiger partial charge in [0, 0.05) is 23.2 Å². The fraction of sp³-hybridized carbons (Fsp3) is 0. The van der Waals surface area contributed by atoms with E-state index in [2.05, 4.69) is 34.2 Å². The standard InChI is InChI=1S/C12H8N2.2ClH.Pt/c1-3-9-5-6-10-4-2-8-14-12(10)11(9)13-7-1;;;/h1-8H;2*1H;/q;;;+2/p-2. The molecule has 0 aliphatic heterocycles. The third-order valence-corrected chi connectivity index (χ3v) is 2.34. The molecule has 0 saturated heterocycles. The third kappa shape index (κ3) is 2.95. The van der Waals surface area contributed by atoms with Gasteiger partial charge in [0.1, 0.15) is 0 Å². The summed E-state index contributed by atoms with van der Waals surface area (Å²) in [7, 11) is 0. The summed E-state index contributed by atoms with van der Waals surface area (Å²) < 4.78 is 0. The van der Waals surface area contributed by atoms with Gasteiger partial charge in [-0.15, -0.1) is 0 Å². The van der Waals surface area contributed by atoms with Crippen molar-refractivity contribution in [1.29, 1.82) is 0 Å². The van der Waals surface area contributed by atoms with Crippen molar-refractivity contribution in [3.05, 3.63) is 48.8 Å². The SMILES string of the molecule is [Cl-].[Cl-].[Pt+2].c1cnc2c(c1)ccc1cccnc12. The van der Waals surface area contributed by atoms with Crippen molar-refractivity contribution in [3.63, 3.8) is 0 Å². The number of pyridine rings is 2. The molecular formula is C12H8Cl2N2Pt. The van der Waals surface area contributed by atoms with Crippen LogP contribution in [0.15, 0.2) is 48.8 Å². The molecule has 0 fully saturated rings. The van der Waals surface area contributed by atoms with Crippen molar-refractivity contribution in [2.24, 2.45) is 0 Å². The fourth-order valence-electron chi connectivity index (χ4n) is 1.68. The van der Waals surface area contributed by atoms with E-state index in [1.165, 1.54) is 0 Å². The zero-order valence-corrected chi connectivity index (χ0v) is 12.4. The minimum absolute atomic E-state index is 0. The van der Waals surface area contributed by atoms with E-state index in [1.807, 2.05) is 12.1 Å². The quantitative estimate of drug-likeness (QED) is 0.340. The number of hydrogen-bond donors (Lipinski definition) is 0. The maximum Gasteiger partial charge on any atom is 2.00 e. The number of nitrogens with zero attached hydrogens (tertiary/aromatic N) is 2. The summed E-state index contributed by atoms with van der Waals surface area (Å²) >= 11 is 0. The van der Waals surface area contributed by atoms with Gasteiger partial charge in [-0.3, -0.25) is 9.97 Å². The molecule has 0 N–H and O–H groups in total. The first-order valence-electron chi connectivity index (χ1n) is 4.53. The van der Waals surface area contributed by atoms with Crippen molar-refractivity contribution < 1.29 is 45.9 Å². The Kier molecular flexibility index (Phi) is 6.62. The molecule has 0 amide bonds. The molecule has 0 aliphatic rings. The van der Waals surface area contributed by atoms with Crippen LogP contribution in [0, 0.1) is 0 Å². The number of benzene rings is 1. The molecule has 90 valence electrons. The van der Waals surface area contributed by atoms with Crippen LogP contribution in [-0.2, 0) is 21.1 Å². The molecule has 3 rings (SSSR count). The Labute approximate surface area is 126 Å². The van der Waals surface area contributed by atoms with Crippen LogP contribution in [-0.4, -0.2) is 9.97 Å². The minimum atomic E-state index is 0. The number of hydrogen-bond acceptors (Lipinski definition) is 2. The van der Waals surface area contributed by atoms with Crippen LogP contribution in [0.1, 0.15) is 0 Å². The van der Waals surface area contributed by atoms with Crippen LogP contribution in [0.25, 0.3) is 21.8 Å². The van der Waals surface area contributed by atoms with Gasteiger partial charge in [-0.05, 0) is 12.1 Å². The predicted octanol–water partition coefficient (Wildman–Crippen LogP) is -3.21. The zero-order valence-electron chi connectivity index (χ0n) is 8.59. The van der Waals surface area contributed by atoms with E-state index in [9.17, 15) is 0 Å². The Bertz CT molecular complexity index is 561. The molecule has 5 heteroatoms. The summed E-state index contributed by atoms with van der Waals surface area (Å²) in [6.45, 7) is 0. The molecule has 2 nitrogen and oxygen atoms in total. The second-order valence-electron chi connectivity index (χ2n) is 3.22. The maximum atomic E-state index is 4.35. The summed E-state index contributed by atoms with van der Waals surface area (Å²) in [5.41, 5.74) is 1.95. The van der Waals surface area contributed by atoms with E-state index in [0.717, 1.165) is 21.8 Å². The first-order valence-corrected chi connectivity index (χ1v) is 4.53. The molecule has 0 bridgehead atoms. The molecule has 0 saturated carbocycles. The Morgan fingerprint density at radius 3 is 1.47 bits per heavy atom. The van der Waals surface area contributed by atoms with E-state index in [-0.39, 0.29) is 45.9 Å². The van der Waals surface area contributed by atoms with Gasteiger partial charge in [0.15, 0.2) is 0 Å². The van der Waals surface area contributed by atoms with E-state index >= 15 is 0 Å². The molecule has 1 aromatic carbocycles. The van der Waals surface area contributed by atoms with Crippen molar-refractivity contribution in [2.75, 3.05) is 0 Å². The summed E-state index contributed by atoms with van der Waals surface area (Å²) in [4.78, 5) is 8.69. The molecule has 17 heavy (non-hydrogen) atoms. The van der Waals surface area contributed by atoms with Gasteiger partial charge < -0.3 is 24.8 Å². The van der Waals surface area contributed by atoms with Gasteiger partial charge in [-0.1, -0.05) is 24.3 Å². The topological polar surface area (TPSA) is 25.8 Å². The average molecular weight is 446 g/mol. The van der Waals surface area contributed by atoms with Crippen LogP contribution in [0.3, 0.4) is 0 Å². The molecular weight excluding hydrogens is 438 g/mol. The van der Waals surface area contributed by atoms with Gasteiger partial charge in [-0.2, -0.15) is 0 Å². The number of halogens is 2. The predicted molar refractivity (Wildman–Crippen MR) is 57.0 cm³/mol. The minimum Gasteiger partial charge on any atom is -1.00 e. The van der Waals surface area contributed by atoms with E-state index in [4.69, 9.17) is 0 Å². The normalized spacial score (nSPS) is 8.94. The van der Waals surface area contributed by atoms with Crippen LogP contribution in [0.2, 0.25) is 0 Å². The number of aromatic nitrogens is 2. The second kappa shape index (κ2) is 6.90. The Balaban J connectivity index is 0.000000853. The first-order chi connectivity index (χ1) is 6.95. The van der Waals surface area contributed by atoms with Gasteiger partial charge in [0.2, 0.25) is 0 Å². The summed E-state index contributed by atoms with van der Waals surface area (Å²) in [5.74, 6) is 0. The van der Waals surface area contributed by atoms with Gasteiger partial charge in [0.25, 0.3) is 0 Å². The van der Waals surface area contributed by atoms with Crippen molar-refractivity contribution in [2.45, 2.75) is 0 Å². The molecule has 3 aromatic rings. The number of rotatable bonds is 0. The monoisotopic (exact) mass is 445 g/mol. The molecule has 0 atom stereocenters. The third-order valence-electron chi connectivity index (χ3n) is 2.34. The molecule has 0 spiro atoms. The van der Waals surface area contributed by atoms with Crippen molar-refractivity contribution >= 4 is 21.8 Å². The van der Waals surface area contributed by atoms with Gasteiger partial charge >= 0.3 is 21.1 Å². The van der Waals surface area contributed by atoms with Gasteiger partial charge in [-0.25, -0.2) is 0 Å². The molecule has 0 aliphatic carbocycles. The summed E-state index contributed by atoms with van der Waals surface area (Å²) in [6.07, 6.45) is 3.60. The van der Waals surface area contributed by atoms with Crippen LogP contribution in [0.4, 0.5) is 0 Å². The molecule has 2 aromatic heterocycles. The smallest absolute Gasteiger partial charge is 1.00 e. The Morgan fingerprint density at radius 2 is 1.06 bits per heavy atom. The van der Waals surface area contributed by atoms with E-state index < -0.39 is 0 Å². The van der Waals surface area contributed by atoms with Crippen LogP contribution in [0.5, 0.6) is 0 Å². The van der Waals surface area contributed by atoms with Crippen molar-refractivity contribution in [3.8, 4) is 0 Å². The van der Waals surface area contributed by atoms with E-state index in [1.54, 1.807) is 12.4 Å². The van der Waals surface area contributed by atoms with E-state index in [0.29, 0.717) is 0 Å². The molecule has 2 heterocycles. The number of fused-ring (bicyclic) bond motifs is 3. The average Bonchev–Trinajstić information content (AvgIpc) is 2.29. The van der Waals surface area contributed by atoms with Crippen LogP contribution >= 0.6 is 0 Å². The molecule has 0 radical (unpaired) electrons. The van der Waals surface area contributed by atoms with Crippen LogP contribution < -0.4 is 24.8 Å². The maximum absolute atomic E-state index is 4.35. The van der Waals surface area contributed by atoms with Crippen molar-refractivity contribution in [1.82, 2.24) is 9.97 Å². The Morgan fingerprint density at radius 1 is 0.647 bits per heavy atom. The molecule has 0 unspecified atom stereocenters. The Hall–Kier alpha value is -0.692.